The van der Waals surface area contributed by atoms with Crippen LogP contribution in [0.15, 0.2) is 0 Å². The minimum atomic E-state index is -1.41. The maximum Gasteiger partial charge on any atom is 0.335 e. The summed E-state index contributed by atoms with van der Waals surface area (Å²) in [5.74, 6) is -1.41. The lowest BCUT2D eigenvalue weighted by molar-refractivity contribution is -0.137. The van der Waals surface area contributed by atoms with Gasteiger partial charge in [-0.15, -0.1) is 0 Å². The van der Waals surface area contributed by atoms with E-state index in [0.29, 0.717) is 0 Å². The highest BCUT2D eigenvalue weighted by Crippen LogP contribution is 1.64. The molecule has 0 bridgehead atoms. The van der Waals surface area contributed by atoms with Gasteiger partial charge in [0.05, 0.1) is 0 Å². The molecule has 0 aromatic heterocycles. The third-order valence-corrected chi connectivity index (χ3v) is 0.523. The van der Waals surface area contributed by atoms with Crippen molar-refractivity contribution in [2.75, 3.05) is 19.9 Å². The molecule has 0 aromatic carbocycles. The Kier molecular flexibility index (Phi) is 13.5. The molecule has 0 radical (unpaired) electrons. The molecule has 4 heteroatoms. The highest BCUT2D eigenvalue weighted by Gasteiger charge is 1.85. The van der Waals surface area contributed by atoms with Crippen molar-refractivity contribution in [1.29, 1.82) is 0 Å². The molecule has 0 aliphatic carbocycles. The standard InChI is InChI=1S/C4H10O.C2H3FO2/c1-3-5-4-2;3-1-2(4)5/h3-4H2,1-2H3;1H2,(H,4,5). The maximum atomic E-state index is 10.5. The Morgan fingerprint density at radius 1 is 1.50 bits per heavy atom. The first kappa shape index (κ1) is 12.1. The predicted octanol–water partition coefficient (Wildman–Crippen LogP) is 1.08. The summed E-state index contributed by atoms with van der Waals surface area (Å²) in [6.07, 6.45) is 0. The Morgan fingerprint density at radius 3 is 1.80 bits per heavy atom. The van der Waals surface area contributed by atoms with E-state index in [1.165, 1.54) is 0 Å². The van der Waals surface area contributed by atoms with Crippen molar-refractivity contribution >= 4 is 5.97 Å². The molecule has 0 saturated carbocycles. The van der Waals surface area contributed by atoms with E-state index in [1.807, 2.05) is 13.8 Å². The van der Waals surface area contributed by atoms with Gasteiger partial charge in [0.15, 0.2) is 6.67 Å². The molecule has 3 nitrogen and oxygen atoms in total. The largest absolute Gasteiger partial charge is 0.479 e. The van der Waals surface area contributed by atoms with Crippen LogP contribution in [-0.2, 0) is 9.53 Å². The zero-order chi connectivity index (χ0) is 8.41. The molecule has 0 unspecified atom stereocenters. The Bertz CT molecular complexity index is 73.4. The fraction of sp³-hybridized carbons (Fsp3) is 0.833. The number of hydrogen-bond donors (Lipinski definition) is 1. The smallest absolute Gasteiger partial charge is 0.335 e. The molecule has 0 aliphatic rings. The minimum absolute atomic E-state index is 0.844. The van der Waals surface area contributed by atoms with Crippen LogP contribution < -0.4 is 0 Å². The normalized spacial score (nSPS) is 7.90. The number of carboxylic acids is 1. The lowest BCUT2D eigenvalue weighted by Crippen LogP contribution is -1.93. The van der Waals surface area contributed by atoms with Crippen LogP contribution in [0.1, 0.15) is 13.8 Å². The SMILES string of the molecule is CCOCC.O=C(O)CF. The molecular formula is C6H13FO3. The fourth-order valence-corrected chi connectivity index (χ4v) is 0.204. The van der Waals surface area contributed by atoms with Crippen molar-refractivity contribution in [3.05, 3.63) is 0 Å². The van der Waals surface area contributed by atoms with E-state index >= 15 is 0 Å². The lowest BCUT2D eigenvalue weighted by atomic mass is 10.8. The van der Waals surface area contributed by atoms with Gasteiger partial charge < -0.3 is 9.84 Å². The van der Waals surface area contributed by atoms with Crippen molar-refractivity contribution < 1.29 is 19.0 Å². The second kappa shape index (κ2) is 11.2. The predicted molar refractivity (Wildman–Crippen MR) is 35.8 cm³/mol. The van der Waals surface area contributed by atoms with E-state index in [4.69, 9.17) is 14.6 Å². The monoisotopic (exact) mass is 152 g/mol. The van der Waals surface area contributed by atoms with Gasteiger partial charge in [-0.25, -0.2) is 9.18 Å². The van der Waals surface area contributed by atoms with E-state index in [-0.39, 0.29) is 0 Å². The lowest BCUT2D eigenvalue weighted by Gasteiger charge is -1.86. The van der Waals surface area contributed by atoms with Crippen LogP contribution in [0.4, 0.5) is 4.39 Å². The molecule has 0 spiro atoms. The number of hydrogen-bond acceptors (Lipinski definition) is 2. The number of aliphatic carboxylic acids is 1. The number of rotatable bonds is 3. The molecule has 0 fully saturated rings. The first-order valence-corrected chi connectivity index (χ1v) is 3.04. The van der Waals surface area contributed by atoms with Crippen LogP contribution in [0.2, 0.25) is 0 Å². The highest BCUT2D eigenvalue weighted by molar-refractivity contribution is 5.67. The Balaban J connectivity index is 0. The van der Waals surface area contributed by atoms with E-state index in [9.17, 15) is 4.39 Å². The maximum absolute atomic E-state index is 10.5. The van der Waals surface area contributed by atoms with Gasteiger partial charge in [0, 0.05) is 13.2 Å². The summed E-state index contributed by atoms with van der Waals surface area (Å²) < 4.78 is 15.3. The fourth-order valence-electron chi connectivity index (χ4n) is 0.204. The van der Waals surface area contributed by atoms with E-state index in [1.54, 1.807) is 0 Å². The number of carboxylic acid groups (broad SMARTS) is 1. The van der Waals surface area contributed by atoms with Gasteiger partial charge in [-0.3, -0.25) is 0 Å². The van der Waals surface area contributed by atoms with Crippen LogP contribution in [-0.4, -0.2) is 31.0 Å². The summed E-state index contributed by atoms with van der Waals surface area (Å²) in [7, 11) is 0. The number of alkyl halides is 1. The van der Waals surface area contributed by atoms with Gasteiger partial charge in [-0.05, 0) is 13.8 Å². The molecule has 0 atom stereocenters. The summed E-state index contributed by atoms with van der Waals surface area (Å²) in [6, 6.07) is 0. The van der Waals surface area contributed by atoms with Gasteiger partial charge in [-0.2, -0.15) is 0 Å². The minimum Gasteiger partial charge on any atom is -0.479 e. The van der Waals surface area contributed by atoms with Gasteiger partial charge >= 0.3 is 5.97 Å². The average Bonchev–Trinajstić information content (AvgIpc) is 1.91. The number of halogens is 1. The Morgan fingerprint density at radius 2 is 1.80 bits per heavy atom. The molecule has 62 valence electrons. The van der Waals surface area contributed by atoms with Gasteiger partial charge in [0.2, 0.25) is 0 Å². The van der Waals surface area contributed by atoms with Gasteiger partial charge in [-0.1, -0.05) is 0 Å². The van der Waals surface area contributed by atoms with Gasteiger partial charge in [0.25, 0.3) is 0 Å². The first-order chi connectivity index (χ1) is 4.68. The van der Waals surface area contributed by atoms with Crippen LogP contribution >= 0.6 is 0 Å². The summed E-state index contributed by atoms with van der Waals surface area (Å²) >= 11 is 0. The molecule has 0 rings (SSSR count). The second-order valence-corrected chi connectivity index (χ2v) is 1.31. The van der Waals surface area contributed by atoms with Crippen LogP contribution in [0.25, 0.3) is 0 Å². The number of carbonyl (C=O) groups is 1. The molecule has 0 aromatic rings. The topological polar surface area (TPSA) is 46.5 Å². The highest BCUT2D eigenvalue weighted by atomic mass is 19.1. The van der Waals surface area contributed by atoms with E-state index in [0.717, 1.165) is 13.2 Å². The van der Waals surface area contributed by atoms with Crippen molar-refractivity contribution in [2.24, 2.45) is 0 Å². The molecule has 0 saturated heterocycles. The van der Waals surface area contributed by atoms with Crippen LogP contribution in [0.5, 0.6) is 0 Å². The Hall–Kier alpha value is -0.640. The Labute approximate surface area is 59.8 Å². The van der Waals surface area contributed by atoms with Crippen molar-refractivity contribution in [3.8, 4) is 0 Å². The summed E-state index contributed by atoms with van der Waals surface area (Å²) in [5.41, 5.74) is 0. The molecule has 0 heterocycles. The average molecular weight is 152 g/mol. The summed E-state index contributed by atoms with van der Waals surface area (Å²) in [5, 5.41) is 7.35. The zero-order valence-electron chi connectivity index (χ0n) is 6.26. The molecule has 1 N–H and O–H groups in total. The third-order valence-electron chi connectivity index (χ3n) is 0.523. The molecule has 0 aliphatic heterocycles. The van der Waals surface area contributed by atoms with E-state index < -0.39 is 12.6 Å². The third kappa shape index (κ3) is 26.4. The van der Waals surface area contributed by atoms with Crippen LogP contribution in [0, 0.1) is 0 Å². The van der Waals surface area contributed by atoms with Crippen LogP contribution in [0.3, 0.4) is 0 Å². The van der Waals surface area contributed by atoms with Crippen molar-refractivity contribution in [1.82, 2.24) is 0 Å². The quantitative estimate of drug-likeness (QED) is 0.658. The van der Waals surface area contributed by atoms with Crippen molar-refractivity contribution in [2.45, 2.75) is 13.8 Å². The van der Waals surface area contributed by atoms with Crippen molar-refractivity contribution in [3.63, 3.8) is 0 Å². The molecule has 10 heavy (non-hydrogen) atoms. The zero-order valence-corrected chi connectivity index (χ0v) is 6.26. The second-order valence-electron chi connectivity index (χ2n) is 1.31. The number of ether oxygens (including phenoxy) is 1. The summed E-state index contributed by atoms with van der Waals surface area (Å²) in [4.78, 5) is 8.99. The first-order valence-electron chi connectivity index (χ1n) is 3.04. The summed E-state index contributed by atoms with van der Waals surface area (Å²) in [6.45, 7) is 4.39. The molecular weight excluding hydrogens is 139 g/mol. The van der Waals surface area contributed by atoms with E-state index in [2.05, 4.69) is 0 Å². The van der Waals surface area contributed by atoms with Gasteiger partial charge in [0.1, 0.15) is 0 Å². The molecule has 0 amide bonds.